The molecule has 29 heavy (non-hydrogen) atoms. The Hall–Kier alpha value is -3.61. The molecular weight excluding hydrogens is 368 g/mol. The summed E-state index contributed by atoms with van der Waals surface area (Å²) in [7, 11) is 1.58. The number of nitrogens with zero attached hydrogens (tertiary/aromatic N) is 3. The van der Waals surface area contributed by atoms with E-state index in [-0.39, 0.29) is 11.6 Å². The number of carbonyl (C=O) groups excluding carboxylic acids is 1. The number of benzene rings is 2. The molecule has 0 aliphatic carbocycles. The lowest BCUT2D eigenvalue weighted by molar-refractivity contribution is 0.0740. The average molecular weight is 390 g/mol. The van der Waals surface area contributed by atoms with Crippen LogP contribution in [0.5, 0.6) is 5.75 Å². The number of methoxy groups -OCH3 is 1. The van der Waals surface area contributed by atoms with Crippen LogP contribution in [0.25, 0.3) is 11.3 Å². The lowest BCUT2D eigenvalue weighted by Gasteiger charge is -2.36. The summed E-state index contributed by atoms with van der Waals surface area (Å²) in [5.74, 6) is 0.468. The van der Waals surface area contributed by atoms with Gasteiger partial charge in [-0.15, -0.1) is 0 Å². The third-order valence-electron chi connectivity index (χ3n) is 5.03. The van der Waals surface area contributed by atoms with Gasteiger partial charge in [0.1, 0.15) is 11.4 Å². The van der Waals surface area contributed by atoms with Crippen molar-refractivity contribution in [2.45, 2.75) is 0 Å². The molecule has 1 aliphatic heterocycles. The fraction of sp³-hybridized carbons (Fsp3) is 0.227. The van der Waals surface area contributed by atoms with Gasteiger partial charge < -0.3 is 19.5 Å². The second kappa shape index (κ2) is 8.18. The van der Waals surface area contributed by atoms with Gasteiger partial charge >= 0.3 is 5.69 Å². The lowest BCUT2D eigenvalue weighted by atomic mass is 10.1. The molecule has 148 valence electrons. The fourth-order valence-corrected chi connectivity index (χ4v) is 3.48. The Kier molecular flexibility index (Phi) is 5.29. The van der Waals surface area contributed by atoms with E-state index in [1.54, 1.807) is 24.1 Å². The van der Waals surface area contributed by atoms with E-state index in [0.717, 1.165) is 24.3 Å². The number of anilines is 1. The Labute approximate surface area is 168 Å². The smallest absolute Gasteiger partial charge is 0.346 e. The number of rotatable bonds is 4. The zero-order valence-electron chi connectivity index (χ0n) is 16.2. The summed E-state index contributed by atoms with van der Waals surface area (Å²) in [6, 6.07) is 19.0. The third kappa shape index (κ3) is 4.13. The Morgan fingerprint density at radius 2 is 1.76 bits per heavy atom. The van der Waals surface area contributed by atoms with Gasteiger partial charge in [-0.1, -0.05) is 30.3 Å². The third-order valence-corrected chi connectivity index (χ3v) is 5.03. The number of ether oxygens (including phenoxy) is 1. The number of amides is 1. The molecule has 1 aliphatic rings. The summed E-state index contributed by atoms with van der Waals surface area (Å²) in [5, 5.41) is 0. The molecule has 0 atom stereocenters. The number of hydrogen-bond donors (Lipinski definition) is 1. The van der Waals surface area contributed by atoms with Crippen molar-refractivity contribution in [2.24, 2.45) is 0 Å². The van der Waals surface area contributed by atoms with Crippen LogP contribution >= 0.6 is 0 Å². The van der Waals surface area contributed by atoms with Crippen molar-refractivity contribution >= 4 is 11.6 Å². The van der Waals surface area contributed by atoms with Gasteiger partial charge in [0, 0.05) is 37.4 Å². The van der Waals surface area contributed by atoms with E-state index in [0.29, 0.717) is 24.5 Å². The first-order chi connectivity index (χ1) is 14.1. The second-order valence-electron chi connectivity index (χ2n) is 6.83. The molecule has 3 aromatic rings. The quantitative estimate of drug-likeness (QED) is 0.740. The van der Waals surface area contributed by atoms with Gasteiger partial charge in [0.25, 0.3) is 5.91 Å². The van der Waals surface area contributed by atoms with Crippen molar-refractivity contribution in [3.05, 3.63) is 76.8 Å². The summed E-state index contributed by atoms with van der Waals surface area (Å²) < 4.78 is 5.23. The van der Waals surface area contributed by atoms with E-state index < -0.39 is 5.69 Å². The fourth-order valence-electron chi connectivity index (χ4n) is 3.48. The minimum Gasteiger partial charge on any atom is -0.497 e. The Morgan fingerprint density at radius 3 is 2.48 bits per heavy atom. The molecule has 0 saturated carbocycles. The van der Waals surface area contributed by atoms with E-state index in [1.807, 2.05) is 36.4 Å². The predicted octanol–water partition coefficient (Wildman–Crippen LogP) is 2.41. The van der Waals surface area contributed by atoms with Gasteiger partial charge in [0.2, 0.25) is 0 Å². The number of piperazine rings is 1. The van der Waals surface area contributed by atoms with Crippen LogP contribution in [0.4, 0.5) is 5.69 Å². The van der Waals surface area contributed by atoms with E-state index in [9.17, 15) is 9.59 Å². The lowest BCUT2D eigenvalue weighted by Crippen LogP contribution is -2.49. The highest BCUT2D eigenvalue weighted by Gasteiger charge is 2.23. The van der Waals surface area contributed by atoms with Gasteiger partial charge in [-0.05, 0) is 30.3 Å². The molecule has 0 bridgehead atoms. The zero-order chi connectivity index (χ0) is 20.2. The van der Waals surface area contributed by atoms with Crippen LogP contribution in [0.15, 0.2) is 65.5 Å². The Morgan fingerprint density at radius 1 is 1.00 bits per heavy atom. The van der Waals surface area contributed by atoms with Gasteiger partial charge in [0.15, 0.2) is 0 Å². The number of aromatic amines is 1. The summed E-state index contributed by atoms with van der Waals surface area (Å²) in [4.78, 5) is 35.7. The highest BCUT2D eigenvalue weighted by Crippen LogP contribution is 2.22. The monoisotopic (exact) mass is 390 g/mol. The summed E-state index contributed by atoms with van der Waals surface area (Å²) in [6.45, 7) is 2.67. The molecule has 0 radical (unpaired) electrons. The normalized spacial score (nSPS) is 14.0. The minimum absolute atomic E-state index is 0.193. The first-order valence-corrected chi connectivity index (χ1v) is 9.49. The summed E-state index contributed by atoms with van der Waals surface area (Å²) in [6.07, 6.45) is 0. The van der Waals surface area contributed by atoms with E-state index >= 15 is 0 Å². The molecule has 1 amide bonds. The van der Waals surface area contributed by atoms with Gasteiger partial charge in [0.05, 0.1) is 12.8 Å². The van der Waals surface area contributed by atoms with Crippen LogP contribution in [-0.4, -0.2) is 54.1 Å². The molecule has 1 fully saturated rings. The molecule has 7 nitrogen and oxygen atoms in total. The summed E-state index contributed by atoms with van der Waals surface area (Å²) in [5.41, 5.74) is 2.02. The molecule has 0 spiro atoms. The van der Waals surface area contributed by atoms with Crippen LogP contribution in [0.3, 0.4) is 0 Å². The first kappa shape index (κ1) is 18.7. The number of hydrogen-bond acceptors (Lipinski definition) is 5. The highest BCUT2D eigenvalue weighted by atomic mass is 16.5. The van der Waals surface area contributed by atoms with Gasteiger partial charge in [-0.25, -0.2) is 4.79 Å². The summed E-state index contributed by atoms with van der Waals surface area (Å²) >= 11 is 0. The van der Waals surface area contributed by atoms with Crippen LogP contribution < -0.4 is 15.3 Å². The molecular formula is C22H22N4O3. The molecule has 1 N–H and O–H groups in total. The molecule has 1 saturated heterocycles. The van der Waals surface area contributed by atoms with Crippen LogP contribution in [0, 0.1) is 0 Å². The first-order valence-electron chi connectivity index (χ1n) is 9.49. The SMILES string of the molecule is COc1cccc(-c2cc(C(=O)N3CCN(c4ccccc4)CC3)[nH]c(=O)n2)c1. The topological polar surface area (TPSA) is 78.5 Å². The van der Waals surface area contributed by atoms with Crippen molar-refractivity contribution in [1.29, 1.82) is 0 Å². The van der Waals surface area contributed by atoms with Crippen molar-refractivity contribution in [3.8, 4) is 17.0 Å². The van der Waals surface area contributed by atoms with Gasteiger partial charge in [-0.3, -0.25) is 4.79 Å². The highest BCUT2D eigenvalue weighted by molar-refractivity contribution is 5.93. The number of aromatic nitrogens is 2. The molecule has 0 unspecified atom stereocenters. The van der Waals surface area contributed by atoms with Crippen molar-refractivity contribution < 1.29 is 9.53 Å². The van der Waals surface area contributed by atoms with Crippen LogP contribution in [0.2, 0.25) is 0 Å². The van der Waals surface area contributed by atoms with Crippen LogP contribution in [0.1, 0.15) is 10.5 Å². The number of nitrogens with one attached hydrogen (secondary N) is 1. The molecule has 7 heteroatoms. The van der Waals surface area contributed by atoms with Crippen LogP contribution in [-0.2, 0) is 0 Å². The standard InChI is InChI=1S/C22H22N4O3/c1-29-18-9-5-6-16(14-18)19-15-20(24-22(28)23-19)21(27)26-12-10-25(11-13-26)17-7-3-2-4-8-17/h2-9,14-15H,10-13H2,1H3,(H,23,24,28). The molecule has 2 heterocycles. The predicted molar refractivity (Wildman–Crippen MR) is 111 cm³/mol. The molecule has 4 rings (SSSR count). The maximum absolute atomic E-state index is 13.0. The van der Waals surface area contributed by atoms with E-state index in [4.69, 9.17) is 4.74 Å². The molecule has 1 aromatic heterocycles. The Balaban J connectivity index is 1.52. The van der Waals surface area contributed by atoms with Crippen molar-refractivity contribution in [2.75, 3.05) is 38.2 Å². The maximum Gasteiger partial charge on any atom is 0.346 e. The Bertz CT molecular complexity index is 1060. The van der Waals surface area contributed by atoms with Crippen molar-refractivity contribution in [3.63, 3.8) is 0 Å². The number of para-hydroxylation sites is 1. The van der Waals surface area contributed by atoms with E-state index in [2.05, 4.69) is 27.0 Å². The molecule has 2 aromatic carbocycles. The zero-order valence-corrected chi connectivity index (χ0v) is 16.2. The number of H-pyrrole nitrogens is 1. The maximum atomic E-state index is 13.0. The number of carbonyl (C=O) groups is 1. The largest absolute Gasteiger partial charge is 0.497 e. The van der Waals surface area contributed by atoms with Crippen molar-refractivity contribution in [1.82, 2.24) is 14.9 Å². The van der Waals surface area contributed by atoms with E-state index in [1.165, 1.54) is 0 Å². The minimum atomic E-state index is -0.545. The van der Waals surface area contributed by atoms with Gasteiger partial charge in [-0.2, -0.15) is 4.98 Å². The second-order valence-corrected chi connectivity index (χ2v) is 6.83. The average Bonchev–Trinajstić information content (AvgIpc) is 2.79.